The maximum absolute atomic E-state index is 15.4. The molecule has 1 spiro atoms. The van der Waals surface area contributed by atoms with Crippen LogP contribution >= 0.6 is 0 Å². The number of nitrogens with two attached hydrogens (primary N) is 2. The first-order valence-electron chi connectivity index (χ1n) is 11.0. The van der Waals surface area contributed by atoms with Crippen LogP contribution in [0.1, 0.15) is 55.8 Å². The number of nitrogen functional groups attached to an aromatic ring is 1. The van der Waals surface area contributed by atoms with Crippen LogP contribution in [0, 0.1) is 11.2 Å². The molecule has 0 saturated heterocycles. The average Bonchev–Trinajstić information content (AvgIpc) is 3.24. The lowest BCUT2D eigenvalue weighted by Crippen LogP contribution is -2.42. The van der Waals surface area contributed by atoms with E-state index < -0.39 is 34.0 Å². The van der Waals surface area contributed by atoms with E-state index in [9.17, 15) is 14.7 Å². The zero-order valence-electron chi connectivity index (χ0n) is 18.5. The van der Waals surface area contributed by atoms with Gasteiger partial charge in [0, 0.05) is 24.7 Å². The van der Waals surface area contributed by atoms with Crippen molar-refractivity contribution in [3.63, 3.8) is 0 Å². The van der Waals surface area contributed by atoms with E-state index >= 15 is 4.39 Å². The highest BCUT2D eigenvalue weighted by molar-refractivity contribution is 6.03. The molecule has 1 aromatic carbocycles. The van der Waals surface area contributed by atoms with Crippen LogP contribution in [-0.2, 0) is 5.54 Å². The zero-order valence-corrected chi connectivity index (χ0v) is 18.5. The lowest BCUT2D eigenvalue weighted by molar-refractivity contribution is 0.0692. The van der Waals surface area contributed by atoms with Crippen molar-refractivity contribution in [3.8, 4) is 5.75 Å². The van der Waals surface area contributed by atoms with E-state index in [-0.39, 0.29) is 23.4 Å². The monoisotopic (exact) mass is 457 g/mol. The van der Waals surface area contributed by atoms with Gasteiger partial charge in [-0.2, -0.15) is 0 Å². The Morgan fingerprint density at radius 2 is 2.12 bits per heavy atom. The highest BCUT2D eigenvalue weighted by Gasteiger charge is 2.43. The molecule has 9 nitrogen and oxygen atoms in total. The number of nitrogens with one attached hydrogen (secondary N) is 2. The van der Waals surface area contributed by atoms with E-state index in [0.29, 0.717) is 36.2 Å². The molecule has 2 aliphatic rings. The fourth-order valence-corrected chi connectivity index (χ4v) is 4.94. The minimum absolute atomic E-state index is 0.0499. The number of rotatable bonds is 7. The predicted molar refractivity (Wildman–Crippen MR) is 125 cm³/mol. The molecule has 2 aromatic rings. The number of carboxylic acid groups (broad SMARTS) is 1. The summed E-state index contributed by atoms with van der Waals surface area (Å²) in [6.07, 6.45) is 7.09. The van der Waals surface area contributed by atoms with Gasteiger partial charge in [0.15, 0.2) is 11.6 Å². The van der Waals surface area contributed by atoms with Crippen molar-refractivity contribution < 1.29 is 19.0 Å². The highest BCUT2D eigenvalue weighted by Crippen LogP contribution is 2.48. The van der Waals surface area contributed by atoms with Crippen molar-refractivity contribution in [1.82, 2.24) is 4.57 Å². The molecule has 1 fully saturated rings. The van der Waals surface area contributed by atoms with Crippen molar-refractivity contribution in [3.05, 3.63) is 39.1 Å². The summed E-state index contributed by atoms with van der Waals surface area (Å²) in [5, 5.41) is 19.9. The molecule has 0 unspecified atom stereocenters. The SMILES string of the molecule is C/C(N)=C(/C=N)CCCNc1c(F)c(N)c2c(=O)c(C(=O)O)cn3c2c1OCC31CCCC1. The maximum Gasteiger partial charge on any atom is 0.341 e. The number of halogens is 1. The number of allylic oxidation sites excluding steroid dienone is 2. The summed E-state index contributed by atoms with van der Waals surface area (Å²) in [4.78, 5) is 24.8. The van der Waals surface area contributed by atoms with Crippen LogP contribution < -0.4 is 26.9 Å². The Bertz CT molecular complexity index is 1240. The van der Waals surface area contributed by atoms with Gasteiger partial charge >= 0.3 is 5.97 Å². The summed E-state index contributed by atoms with van der Waals surface area (Å²) in [5.41, 5.74) is 11.3. The molecule has 1 aromatic heterocycles. The molecule has 0 atom stereocenters. The summed E-state index contributed by atoms with van der Waals surface area (Å²) in [5.74, 6) is -2.05. The van der Waals surface area contributed by atoms with Gasteiger partial charge in [0.05, 0.1) is 22.1 Å². The molecular formula is C23H28FN5O4. The number of benzene rings is 1. The van der Waals surface area contributed by atoms with Gasteiger partial charge < -0.3 is 36.6 Å². The van der Waals surface area contributed by atoms with E-state index in [1.54, 1.807) is 11.5 Å². The quantitative estimate of drug-likeness (QED) is 0.243. The number of ether oxygens (including phenoxy) is 1. The van der Waals surface area contributed by atoms with Gasteiger partial charge in [0.25, 0.3) is 0 Å². The minimum atomic E-state index is -1.38. The second kappa shape index (κ2) is 8.42. The van der Waals surface area contributed by atoms with Gasteiger partial charge in [0.1, 0.15) is 17.9 Å². The van der Waals surface area contributed by atoms with Crippen molar-refractivity contribution in [2.24, 2.45) is 5.73 Å². The molecular weight excluding hydrogens is 429 g/mol. The molecule has 2 heterocycles. The van der Waals surface area contributed by atoms with Gasteiger partial charge in [-0.25, -0.2) is 9.18 Å². The van der Waals surface area contributed by atoms with Crippen molar-refractivity contribution in [2.45, 2.75) is 51.0 Å². The van der Waals surface area contributed by atoms with Gasteiger partial charge in [-0.05, 0) is 38.2 Å². The Morgan fingerprint density at radius 1 is 1.42 bits per heavy atom. The first kappa shape index (κ1) is 22.6. The van der Waals surface area contributed by atoms with Gasteiger partial charge in [-0.1, -0.05) is 12.8 Å². The van der Waals surface area contributed by atoms with Crippen LogP contribution in [0.25, 0.3) is 10.9 Å². The summed E-state index contributed by atoms with van der Waals surface area (Å²) >= 11 is 0. The van der Waals surface area contributed by atoms with Crippen molar-refractivity contribution in [1.29, 1.82) is 5.41 Å². The third-order valence-corrected chi connectivity index (χ3v) is 6.74. The Labute approximate surface area is 189 Å². The van der Waals surface area contributed by atoms with Crippen LogP contribution in [0.2, 0.25) is 0 Å². The Hall–Kier alpha value is -3.56. The fraction of sp³-hybridized carbons (Fsp3) is 0.435. The molecule has 1 saturated carbocycles. The topological polar surface area (TPSA) is 156 Å². The second-order valence-corrected chi connectivity index (χ2v) is 8.81. The molecule has 33 heavy (non-hydrogen) atoms. The molecule has 4 rings (SSSR count). The van der Waals surface area contributed by atoms with E-state index in [0.717, 1.165) is 25.7 Å². The van der Waals surface area contributed by atoms with Crippen molar-refractivity contribution >= 4 is 34.5 Å². The third-order valence-electron chi connectivity index (χ3n) is 6.74. The summed E-state index contributed by atoms with van der Waals surface area (Å²) in [6.45, 7) is 2.33. The van der Waals surface area contributed by atoms with E-state index in [1.165, 1.54) is 12.4 Å². The highest BCUT2D eigenvalue weighted by atomic mass is 19.1. The van der Waals surface area contributed by atoms with Crippen LogP contribution in [0.15, 0.2) is 22.3 Å². The number of carbonyl (C=O) groups is 1. The number of aromatic nitrogens is 1. The number of pyridine rings is 1. The molecule has 0 amide bonds. The number of anilines is 2. The second-order valence-electron chi connectivity index (χ2n) is 8.81. The zero-order chi connectivity index (χ0) is 23.9. The number of hydrogen-bond donors (Lipinski definition) is 5. The Kier molecular flexibility index (Phi) is 5.77. The Morgan fingerprint density at radius 3 is 2.73 bits per heavy atom. The average molecular weight is 458 g/mol. The predicted octanol–water partition coefficient (Wildman–Crippen LogP) is 3.16. The molecule has 0 radical (unpaired) electrons. The van der Waals surface area contributed by atoms with Crippen LogP contribution in [0.5, 0.6) is 5.75 Å². The first-order chi connectivity index (χ1) is 15.7. The fourth-order valence-electron chi connectivity index (χ4n) is 4.94. The minimum Gasteiger partial charge on any atom is -0.487 e. The van der Waals surface area contributed by atoms with Gasteiger partial charge in [0.2, 0.25) is 5.43 Å². The Balaban J connectivity index is 1.84. The normalized spacial score (nSPS) is 17.0. The summed E-state index contributed by atoms with van der Waals surface area (Å²) in [7, 11) is 0. The maximum atomic E-state index is 15.4. The number of hydrogen-bond acceptors (Lipinski definition) is 7. The molecule has 176 valence electrons. The number of fused-ring (bicyclic) bond motifs is 1. The molecule has 7 N–H and O–H groups in total. The van der Waals surface area contributed by atoms with Gasteiger partial charge in [-0.3, -0.25) is 4.79 Å². The largest absolute Gasteiger partial charge is 0.487 e. The summed E-state index contributed by atoms with van der Waals surface area (Å²) < 4.78 is 23.2. The van der Waals surface area contributed by atoms with Crippen molar-refractivity contribution in [2.75, 3.05) is 24.2 Å². The summed E-state index contributed by atoms with van der Waals surface area (Å²) in [6, 6.07) is 0. The molecule has 1 aliphatic carbocycles. The number of carboxylic acids is 1. The molecule has 0 bridgehead atoms. The molecule has 1 aliphatic heterocycles. The molecule has 10 heteroatoms. The van der Waals surface area contributed by atoms with Crippen LogP contribution in [-0.4, -0.2) is 35.0 Å². The van der Waals surface area contributed by atoms with E-state index in [2.05, 4.69) is 5.32 Å². The standard InChI is InChI=1S/C23H28FN5O4/c1-12(26)13(9-25)5-4-8-28-18-16(24)17(27)15-19-21(18)33-11-23(6-2-3-7-23)29(19)10-14(20(15)30)22(31)32/h9-10,25,28H,2-8,11,26-27H2,1H3,(H,31,32)/b13-12-,25-9?. The number of nitrogens with zero attached hydrogens (tertiary/aromatic N) is 1. The van der Waals surface area contributed by atoms with Gasteiger partial charge in [-0.15, -0.1) is 0 Å². The van der Waals surface area contributed by atoms with E-state index in [1.807, 2.05) is 0 Å². The van der Waals surface area contributed by atoms with E-state index in [4.69, 9.17) is 21.6 Å². The third kappa shape index (κ3) is 3.59. The lowest BCUT2D eigenvalue weighted by Gasteiger charge is -2.39. The number of aromatic carboxylic acids is 1. The van der Waals surface area contributed by atoms with Crippen LogP contribution in [0.4, 0.5) is 15.8 Å². The first-order valence-corrected chi connectivity index (χ1v) is 11.0. The van der Waals surface area contributed by atoms with Crippen LogP contribution in [0.3, 0.4) is 0 Å². The lowest BCUT2D eigenvalue weighted by atomic mass is 9.93. The smallest absolute Gasteiger partial charge is 0.341 e.